The predicted molar refractivity (Wildman–Crippen MR) is 125 cm³/mol. The molecule has 0 aliphatic rings. The fraction of sp³-hybridized carbons (Fsp3) is 0.391. The van der Waals surface area contributed by atoms with E-state index in [2.05, 4.69) is 5.32 Å². The largest absolute Gasteiger partial charge is 0.497 e. The minimum Gasteiger partial charge on any atom is -0.497 e. The molecule has 8 nitrogen and oxygen atoms in total. The van der Waals surface area contributed by atoms with Gasteiger partial charge in [-0.2, -0.15) is 0 Å². The van der Waals surface area contributed by atoms with Crippen LogP contribution in [0.15, 0.2) is 48.5 Å². The standard InChI is InChI=1S/C23H31N3O5S/c1-6-18-7-11-20(12-8-18)26(32(5,29)30)16-22(27)25(17(2)23(28)24-3)15-19-9-13-21(31-4)14-10-19/h7-14,17H,6,15-16H2,1-5H3,(H,24,28)/t17-/m1/s1. The van der Waals surface area contributed by atoms with E-state index in [0.717, 1.165) is 28.1 Å². The molecule has 0 fully saturated rings. The van der Waals surface area contributed by atoms with Crippen LogP contribution in [0.25, 0.3) is 0 Å². The minimum atomic E-state index is -3.73. The lowest BCUT2D eigenvalue weighted by Crippen LogP contribution is -2.50. The van der Waals surface area contributed by atoms with Gasteiger partial charge in [-0.05, 0) is 48.7 Å². The van der Waals surface area contributed by atoms with Gasteiger partial charge in [-0.15, -0.1) is 0 Å². The van der Waals surface area contributed by atoms with Crippen molar-refractivity contribution in [1.82, 2.24) is 10.2 Å². The SMILES string of the molecule is CCc1ccc(N(CC(=O)N(Cc2ccc(OC)cc2)[C@H](C)C(=O)NC)S(C)(=O)=O)cc1. The van der Waals surface area contributed by atoms with E-state index in [0.29, 0.717) is 11.4 Å². The maximum atomic E-state index is 13.3. The number of sulfonamides is 1. The summed E-state index contributed by atoms with van der Waals surface area (Å²) in [5.41, 5.74) is 2.24. The lowest BCUT2D eigenvalue weighted by Gasteiger charge is -2.31. The van der Waals surface area contributed by atoms with Crippen molar-refractivity contribution in [3.05, 3.63) is 59.7 Å². The third-order valence-electron chi connectivity index (χ3n) is 5.24. The highest BCUT2D eigenvalue weighted by Gasteiger charge is 2.29. The summed E-state index contributed by atoms with van der Waals surface area (Å²) in [4.78, 5) is 27.0. The van der Waals surface area contributed by atoms with Gasteiger partial charge in [0.15, 0.2) is 0 Å². The maximum Gasteiger partial charge on any atom is 0.244 e. The molecule has 2 aromatic rings. The van der Waals surface area contributed by atoms with E-state index >= 15 is 0 Å². The number of carbonyl (C=O) groups is 2. The first-order valence-electron chi connectivity index (χ1n) is 10.3. The van der Waals surface area contributed by atoms with Crippen LogP contribution in [-0.2, 0) is 32.6 Å². The number of hydrogen-bond donors (Lipinski definition) is 1. The molecule has 32 heavy (non-hydrogen) atoms. The Kier molecular flexibility index (Phi) is 8.65. The fourth-order valence-electron chi connectivity index (χ4n) is 3.23. The van der Waals surface area contributed by atoms with Crippen molar-refractivity contribution in [2.45, 2.75) is 32.9 Å². The third-order valence-corrected chi connectivity index (χ3v) is 6.38. The molecule has 0 saturated carbocycles. The number of nitrogens with zero attached hydrogens (tertiary/aromatic N) is 2. The molecule has 0 unspecified atom stereocenters. The molecule has 0 saturated heterocycles. The number of carbonyl (C=O) groups excluding carboxylic acids is 2. The number of rotatable bonds is 10. The van der Waals surface area contributed by atoms with Gasteiger partial charge in [0.05, 0.1) is 19.1 Å². The van der Waals surface area contributed by atoms with E-state index < -0.39 is 28.5 Å². The number of aryl methyl sites for hydroxylation is 1. The van der Waals surface area contributed by atoms with Gasteiger partial charge in [-0.1, -0.05) is 31.2 Å². The van der Waals surface area contributed by atoms with Crippen molar-refractivity contribution < 1.29 is 22.7 Å². The van der Waals surface area contributed by atoms with Crippen molar-refractivity contribution in [3.8, 4) is 5.75 Å². The quantitative estimate of drug-likeness (QED) is 0.585. The van der Waals surface area contributed by atoms with E-state index in [1.807, 2.05) is 19.1 Å². The van der Waals surface area contributed by atoms with Crippen LogP contribution < -0.4 is 14.4 Å². The summed E-state index contributed by atoms with van der Waals surface area (Å²) in [6.07, 6.45) is 1.88. The first-order valence-corrected chi connectivity index (χ1v) is 12.2. The van der Waals surface area contributed by atoms with Crippen LogP contribution in [0.1, 0.15) is 25.0 Å². The molecule has 0 bridgehead atoms. The molecule has 0 radical (unpaired) electrons. The molecule has 9 heteroatoms. The number of benzene rings is 2. The Morgan fingerprint density at radius 2 is 1.59 bits per heavy atom. The van der Waals surface area contributed by atoms with Crippen LogP contribution in [0.3, 0.4) is 0 Å². The second kappa shape index (κ2) is 11.0. The number of likely N-dealkylation sites (N-methyl/N-ethyl adjacent to an activating group) is 1. The molecular weight excluding hydrogens is 430 g/mol. The van der Waals surface area contributed by atoms with Crippen molar-refractivity contribution in [2.75, 3.05) is 31.3 Å². The summed E-state index contributed by atoms with van der Waals surface area (Å²) in [5, 5.41) is 2.55. The Balaban J connectivity index is 2.34. The van der Waals surface area contributed by atoms with E-state index in [1.165, 1.54) is 11.9 Å². The molecule has 0 aromatic heterocycles. The molecule has 0 aliphatic carbocycles. The number of anilines is 1. The molecule has 0 spiro atoms. The zero-order valence-corrected chi connectivity index (χ0v) is 20.0. The zero-order chi connectivity index (χ0) is 23.9. The number of ether oxygens (including phenoxy) is 1. The van der Waals surface area contributed by atoms with Gasteiger partial charge in [0.25, 0.3) is 0 Å². The zero-order valence-electron chi connectivity index (χ0n) is 19.2. The molecule has 2 aromatic carbocycles. The highest BCUT2D eigenvalue weighted by Crippen LogP contribution is 2.20. The van der Waals surface area contributed by atoms with Gasteiger partial charge in [-0.3, -0.25) is 13.9 Å². The number of hydrogen-bond acceptors (Lipinski definition) is 5. The molecule has 2 amide bonds. The summed E-state index contributed by atoms with van der Waals surface area (Å²) in [7, 11) is -0.677. The molecule has 1 atom stereocenters. The highest BCUT2D eigenvalue weighted by atomic mass is 32.2. The number of nitrogens with one attached hydrogen (secondary N) is 1. The Morgan fingerprint density at radius 1 is 1.03 bits per heavy atom. The molecule has 2 rings (SSSR count). The maximum absolute atomic E-state index is 13.3. The van der Waals surface area contributed by atoms with Gasteiger partial charge in [0, 0.05) is 13.6 Å². The van der Waals surface area contributed by atoms with Crippen molar-refractivity contribution >= 4 is 27.5 Å². The minimum absolute atomic E-state index is 0.143. The molecule has 0 heterocycles. The molecular formula is C23H31N3O5S. The monoisotopic (exact) mass is 461 g/mol. The molecule has 174 valence electrons. The van der Waals surface area contributed by atoms with Gasteiger partial charge in [0.2, 0.25) is 21.8 Å². The van der Waals surface area contributed by atoms with Crippen LogP contribution in [-0.4, -0.2) is 58.1 Å². The summed E-state index contributed by atoms with van der Waals surface area (Å²) in [6, 6.07) is 13.4. The predicted octanol–water partition coefficient (Wildman–Crippen LogP) is 2.19. The lowest BCUT2D eigenvalue weighted by molar-refractivity contribution is -0.139. The fourth-order valence-corrected chi connectivity index (χ4v) is 4.08. The van der Waals surface area contributed by atoms with Crippen molar-refractivity contribution in [3.63, 3.8) is 0 Å². The van der Waals surface area contributed by atoms with Crippen molar-refractivity contribution in [2.24, 2.45) is 0 Å². The van der Waals surface area contributed by atoms with Crippen LogP contribution >= 0.6 is 0 Å². The Bertz CT molecular complexity index is 1020. The summed E-state index contributed by atoms with van der Waals surface area (Å²) in [5.74, 6) is -0.156. The van der Waals surface area contributed by atoms with Crippen LogP contribution in [0.4, 0.5) is 5.69 Å². The van der Waals surface area contributed by atoms with Gasteiger partial charge in [-0.25, -0.2) is 8.42 Å². The van der Waals surface area contributed by atoms with Crippen LogP contribution in [0, 0.1) is 0 Å². The normalized spacial score (nSPS) is 12.0. The lowest BCUT2D eigenvalue weighted by atomic mass is 10.1. The Labute approximate surface area is 190 Å². The van der Waals surface area contributed by atoms with E-state index in [-0.39, 0.29) is 12.5 Å². The van der Waals surface area contributed by atoms with E-state index in [4.69, 9.17) is 4.74 Å². The second-order valence-electron chi connectivity index (χ2n) is 7.45. The van der Waals surface area contributed by atoms with Gasteiger partial charge >= 0.3 is 0 Å². The van der Waals surface area contributed by atoms with Crippen LogP contribution in [0.2, 0.25) is 0 Å². The Morgan fingerprint density at radius 3 is 2.06 bits per heavy atom. The second-order valence-corrected chi connectivity index (χ2v) is 9.36. The van der Waals surface area contributed by atoms with Crippen LogP contribution in [0.5, 0.6) is 5.75 Å². The topological polar surface area (TPSA) is 96.0 Å². The van der Waals surface area contributed by atoms with Crippen molar-refractivity contribution in [1.29, 1.82) is 0 Å². The van der Waals surface area contributed by atoms with E-state index in [1.54, 1.807) is 50.4 Å². The van der Waals surface area contributed by atoms with Gasteiger partial charge in [0.1, 0.15) is 18.3 Å². The molecule has 0 aliphatic heterocycles. The highest BCUT2D eigenvalue weighted by molar-refractivity contribution is 7.92. The number of methoxy groups -OCH3 is 1. The third kappa shape index (κ3) is 6.46. The Hall–Kier alpha value is -3.07. The first-order chi connectivity index (χ1) is 15.1. The first kappa shape index (κ1) is 25.2. The van der Waals surface area contributed by atoms with Gasteiger partial charge < -0.3 is 15.0 Å². The summed E-state index contributed by atoms with van der Waals surface area (Å²) in [6.45, 7) is 3.34. The smallest absolute Gasteiger partial charge is 0.244 e. The molecule has 1 N–H and O–H groups in total. The average Bonchev–Trinajstić information content (AvgIpc) is 2.79. The number of amides is 2. The summed E-state index contributed by atoms with van der Waals surface area (Å²) < 4.78 is 31.2. The van der Waals surface area contributed by atoms with E-state index in [9.17, 15) is 18.0 Å². The average molecular weight is 462 g/mol. The summed E-state index contributed by atoms with van der Waals surface area (Å²) >= 11 is 0.